The lowest BCUT2D eigenvalue weighted by Gasteiger charge is -1.99. The van der Waals surface area contributed by atoms with Crippen LogP contribution in [0, 0.1) is 0 Å². The predicted octanol–water partition coefficient (Wildman–Crippen LogP) is -0.413. The van der Waals surface area contributed by atoms with Gasteiger partial charge in [0.25, 0.3) is 0 Å². The van der Waals surface area contributed by atoms with Crippen LogP contribution in [0.2, 0.25) is 0 Å². The molecule has 0 aromatic heterocycles. The van der Waals surface area contributed by atoms with Gasteiger partial charge in [0.2, 0.25) is 0 Å². The number of carboxylic acids is 1. The van der Waals surface area contributed by atoms with Crippen LogP contribution in [0.5, 0.6) is 0 Å². The van der Waals surface area contributed by atoms with Crippen molar-refractivity contribution in [2.24, 2.45) is 0 Å². The third-order valence-corrected chi connectivity index (χ3v) is 1.92. The Morgan fingerprint density at radius 2 is 2.30 bits per heavy atom. The van der Waals surface area contributed by atoms with Crippen molar-refractivity contribution in [3.8, 4) is 0 Å². The zero-order valence-electron chi connectivity index (χ0n) is 4.76. The second kappa shape index (κ2) is 2.32. The van der Waals surface area contributed by atoms with E-state index >= 15 is 0 Å². The Morgan fingerprint density at radius 1 is 1.70 bits per heavy atom. The van der Waals surface area contributed by atoms with Gasteiger partial charge >= 0.3 is 13.8 Å². The van der Waals surface area contributed by atoms with Crippen LogP contribution in [-0.4, -0.2) is 28.7 Å². The molecule has 1 fully saturated rings. The quantitative estimate of drug-likeness (QED) is 0.517. The SMILES string of the molecule is O=C(O)C1COP(=O)(O)O1. The summed E-state index contributed by atoms with van der Waals surface area (Å²) in [5.41, 5.74) is 0. The molecular weight excluding hydrogens is 163 g/mol. The zero-order valence-corrected chi connectivity index (χ0v) is 5.65. The molecule has 1 rings (SSSR count). The minimum absolute atomic E-state index is 0.372. The van der Waals surface area contributed by atoms with Crippen LogP contribution in [0.25, 0.3) is 0 Å². The second-order valence-corrected chi connectivity index (χ2v) is 3.10. The van der Waals surface area contributed by atoms with Crippen molar-refractivity contribution in [3.63, 3.8) is 0 Å². The molecule has 58 valence electrons. The molecule has 2 atom stereocenters. The number of carboxylic acid groups (broad SMARTS) is 1. The van der Waals surface area contributed by atoms with E-state index in [2.05, 4.69) is 9.05 Å². The largest absolute Gasteiger partial charge is 0.479 e. The summed E-state index contributed by atoms with van der Waals surface area (Å²) in [6.45, 7) is -0.372. The van der Waals surface area contributed by atoms with E-state index < -0.39 is 19.9 Å². The summed E-state index contributed by atoms with van der Waals surface area (Å²) in [6.07, 6.45) is -1.31. The maximum Gasteiger partial charge on any atom is 0.473 e. The third-order valence-electron chi connectivity index (χ3n) is 0.925. The molecule has 0 radical (unpaired) electrons. The Bertz CT molecular complexity index is 199. The molecule has 1 aliphatic rings. The van der Waals surface area contributed by atoms with Gasteiger partial charge < -0.3 is 10.00 Å². The number of phosphoric ester groups is 1. The van der Waals surface area contributed by atoms with Crippen molar-refractivity contribution in [3.05, 3.63) is 0 Å². The standard InChI is InChI=1S/C3H5O6P/c4-3(5)2-1-8-10(6,7)9-2/h2H,1H2,(H,4,5)(H,6,7). The molecule has 0 aromatic rings. The van der Waals surface area contributed by atoms with E-state index in [0.717, 1.165) is 0 Å². The van der Waals surface area contributed by atoms with Crippen LogP contribution in [0.1, 0.15) is 0 Å². The van der Waals surface area contributed by atoms with Gasteiger partial charge in [-0.1, -0.05) is 0 Å². The number of phosphoric acid groups is 1. The first-order valence-electron chi connectivity index (χ1n) is 2.40. The highest BCUT2D eigenvalue weighted by molar-refractivity contribution is 7.47. The lowest BCUT2D eigenvalue weighted by atomic mass is 10.4. The van der Waals surface area contributed by atoms with Crippen molar-refractivity contribution >= 4 is 13.8 Å². The summed E-state index contributed by atoms with van der Waals surface area (Å²) in [5.74, 6) is -1.30. The molecule has 0 bridgehead atoms. The topological polar surface area (TPSA) is 93.1 Å². The van der Waals surface area contributed by atoms with E-state index in [4.69, 9.17) is 10.00 Å². The van der Waals surface area contributed by atoms with Crippen LogP contribution in [-0.2, 0) is 18.4 Å². The van der Waals surface area contributed by atoms with Crippen molar-refractivity contribution in [2.75, 3.05) is 6.61 Å². The highest BCUT2D eigenvalue weighted by Gasteiger charge is 2.39. The van der Waals surface area contributed by atoms with E-state index in [-0.39, 0.29) is 6.61 Å². The molecule has 1 aliphatic heterocycles. The highest BCUT2D eigenvalue weighted by atomic mass is 31.2. The average Bonchev–Trinajstić information content (AvgIpc) is 2.10. The Labute approximate surface area is 56.0 Å². The zero-order chi connectivity index (χ0) is 7.78. The van der Waals surface area contributed by atoms with Crippen molar-refractivity contribution in [1.29, 1.82) is 0 Å². The fourth-order valence-electron chi connectivity index (χ4n) is 0.500. The summed E-state index contributed by atoms with van der Waals surface area (Å²) in [5, 5.41) is 8.21. The molecule has 1 saturated heterocycles. The van der Waals surface area contributed by atoms with Gasteiger partial charge in [0.1, 0.15) is 0 Å². The lowest BCUT2D eigenvalue weighted by molar-refractivity contribution is -0.144. The van der Waals surface area contributed by atoms with Gasteiger partial charge in [-0.05, 0) is 0 Å². The van der Waals surface area contributed by atoms with Gasteiger partial charge in [-0.2, -0.15) is 0 Å². The van der Waals surface area contributed by atoms with Crippen molar-refractivity contribution in [1.82, 2.24) is 0 Å². The number of hydrogen-bond donors (Lipinski definition) is 2. The average molecular weight is 168 g/mol. The van der Waals surface area contributed by atoms with Crippen LogP contribution >= 0.6 is 7.82 Å². The molecule has 0 aliphatic carbocycles. The van der Waals surface area contributed by atoms with Gasteiger partial charge in [-0.15, -0.1) is 0 Å². The summed E-state index contributed by atoms with van der Waals surface area (Å²) in [4.78, 5) is 18.5. The van der Waals surface area contributed by atoms with Crippen LogP contribution in [0.3, 0.4) is 0 Å². The molecule has 6 nitrogen and oxygen atoms in total. The summed E-state index contributed by atoms with van der Waals surface area (Å²) in [6, 6.07) is 0. The van der Waals surface area contributed by atoms with Crippen LogP contribution < -0.4 is 0 Å². The fraction of sp³-hybridized carbons (Fsp3) is 0.667. The summed E-state index contributed by atoms with van der Waals surface area (Å²) < 4.78 is 18.6. The number of rotatable bonds is 1. The van der Waals surface area contributed by atoms with Gasteiger partial charge in [0.15, 0.2) is 6.10 Å². The van der Waals surface area contributed by atoms with Crippen LogP contribution in [0.15, 0.2) is 0 Å². The normalized spacial score (nSPS) is 39.9. The maximum absolute atomic E-state index is 10.4. The Hall–Kier alpha value is -0.420. The molecule has 2 N–H and O–H groups in total. The summed E-state index contributed by atoms with van der Waals surface area (Å²) >= 11 is 0. The molecule has 0 saturated carbocycles. The molecule has 0 spiro atoms. The van der Waals surface area contributed by atoms with E-state index in [1.807, 2.05) is 0 Å². The Balaban J connectivity index is 2.60. The smallest absolute Gasteiger partial charge is 0.473 e. The monoisotopic (exact) mass is 168 g/mol. The molecule has 0 aromatic carbocycles. The van der Waals surface area contributed by atoms with E-state index in [0.29, 0.717) is 0 Å². The number of aliphatic carboxylic acids is 1. The second-order valence-electron chi connectivity index (χ2n) is 1.70. The molecule has 2 unspecified atom stereocenters. The minimum atomic E-state index is -4.03. The third kappa shape index (κ3) is 1.54. The molecule has 7 heteroatoms. The number of carbonyl (C=O) groups is 1. The minimum Gasteiger partial charge on any atom is -0.479 e. The molecule has 0 amide bonds. The lowest BCUT2D eigenvalue weighted by Crippen LogP contribution is -2.21. The molecular formula is C3H5O6P. The van der Waals surface area contributed by atoms with Gasteiger partial charge in [0, 0.05) is 0 Å². The first-order valence-corrected chi connectivity index (χ1v) is 3.89. The van der Waals surface area contributed by atoms with Gasteiger partial charge in [-0.3, -0.25) is 9.05 Å². The van der Waals surface area contributed by atoms with E-state index in [9.17, 15) is 9.36 Å². The Kier molecular flexibility index (Phi) is 1.78. The first kappa shape index (κ1) is 7.68. The first-order chi connectivity index (χ1) is 4.51. The maximum atomic E-state index is 10.4. The van der Waals surface area contributed by atoms with E-state index in [1.54, 1.807) is 0 Å². The van der Waals surface area contributed by atoms with Crippen molar-refractivity contribution in [2.45, 2.75) is 6.10 Å². The molecule has 1 heterocycles. The van der Waals surface area contributed by atoms with Gasteiger partial charge in [0.05, 0.1) is 6.61 Å². The fourth-order valence-corrected chi connectivity index (χ4v) is 1.36. The van der Waals surface area contributed by atoms with Crippen LogP contribution in [0.4, 0.5) is 0 Å². The van der Waals surface area contributed by atoms with Gasteiger partial charge in [-0.25, -0.2) is 9.36 Å². The summed E-state index contributed by atoms with van der Waals surface area (Å²) in [7, 11) is -4.03. The van der Waals surface area contributed by atoms with E-state index in [1.165, 1.54) is 0 Å². The highest BCUT2D eigenvalue weighted by Crippen LogP contribution is 2.49. The number of hydrogen-bond acceptors (Lipinski definition) is 4. The van der Waals surface area contributed by atoms with Crippen molar-refractivity contribution < 1.29 is 28.4 Å². The predicted molar refractivity (Wildman–Crippen MR) is 28.3 cm³/mol. The Morgan fingerprint density at radius 3 is 2.50 bits per heavy atom. The molecule has 10 heavy (non-hydrogen) atoms.